The Morgan fingerprint density at radius 3 is 2.48 bits per heavy atom. The van der Waals surface area contributed by atoms with Gasteiger partial charge in [0.05, 0.1) is 18.0 Å². The maximum Gasteiger partial charge on any atom is 0.235 e. The van der Waals surface area contributed by atoms with Crippen LogP contribution in [0.4, 0.5) is 10.1 Å². The molecule has 1 N–H and O–H groups in total. The van der Waals surface area contributed by atoms with Gasteiger partial charge in [-0.2, -0.15) is 0 Å². The van der Waals surface area contributed by atoms with Gasteiger partial charge >= 0.3 is 0 Å². The normalized spacial score (nSPS) is 14.7. The number of halogens is 2. The first-order valence-corrected chi connectivity index (χ1v) is 9.64. The smallest absolute Gasteiger partial charge is 0.235 e. The number of anilines is 1. The number of rotatable bonds is 6. The minimum atomic E-state index is -3.54. The molecular weight excluding hydrogens is 365 g/mol. The summed E-state index contributed by atoms with van der Waals surface area (Å²) in [5, 5.41) is 0.204. The molecule has 7 heteroatoms. The molecule has 25 heavy (non-hydrogen) atoms. The number of nitrogens with one attached hydrogen (secondary N) is 1. The predicted molar refractivity (Wildman–Crippen MR) is 98.9 cm³/mol. The van der Waals surface area contributed by atoms with Gasteiger partial charge in [-0.25, -0.2) is 12.8 Å². The SMILES string of the molecule is COc1cc(F)c(NS(=O)(=O)C2CC2)cc1C=Cc1ccc(Cl)cc1. The van der Waals surface area contributed by atoms with E-state index in [1.807, 2.05) is 18.2 Å². The van der Waals surface area contributed by atoms with Crippen LogP contribution in [0.3, 0.4) is 0 Å². The van der Waals surface area contributed by atoms with E-state index in [9.17, 15) is 12.8 Å². The lowest BCUT2D eigenvalue weighted by Gasteiger charge is -2.12. The van der Waals surface area contributed by atoms with Crippen molar-refractivity contribution >= 4 is 39.5 Å². The minimum Gasteiger partial charge on any atom is -0.496 e. The third-order valence-electron chi connectivity index (χ3n) is 3.86. The van der Waals surface area contributed by atoms with Crippen LogP contribution in [-0.4, -0.2) is 20.8 Å². The van der Waals surface area contributed by atoms with E-state index in [0.29, 0.717) is 29.2 Å². The van der Waals surface area contributed by atoms with Gasteiger partial charge in [-0.3, -0.25) is 4.72 Å². The Labute approximate surface area is 151 Å². The first kappa shape index (κ1) is 17.8. The second-order valence-corrected chi connectivity index (χ2v) is 8.20. The Balaban J connectivity index is 1.91. The van der Waals surface area contributed by atoms with Crippen LogP contribution in [0.1, 0.15) is 24.0 Å². The molecule has 0 unspecified atom stereocenters. The van der Waals surface area contributed by atoms with Crippen molar-refractivity contribution < 1.29 is 17.5 Å². The van der Waals surface area contributed by atoms with Crippen LogP contribution >= 0.6 is 11.6 Å². The molecule has 2 aromatic rings. The molecule has 0 bridgehead atoms. The third-order valence-corrected chi connectivity index (χ3v) is 5.97. The van der Waals surface area contributed by atoms with Crippen molar-refractivity contribution in [3.8, 4) is 5.75 Å². The Morgan fingerprint density at radius 2 is 1.88 bits per heavy atom. The van der Waals surface area contributed by atoms with Crippen LogP contribution in [0.25, 0.3) is 12.2 Å². The summed E-state index contributed by atoms with van der Waals surface area (Å²) >= 11 is 5.86. The highest BCUT2D eigenvalue weighted by atomic mass is 35.5. The molecule has 0 amide bonds. The van der Waals surface area contributed by atoms with Gasteiger partial charge < -0.3 is 4.74 Å². The van der Waals surface area contributed by atoms with Crippen LogP contribution in [0.2, 0.25) is 5.02 Å². The van der Waals surface area contributed by atoms with Crippen molar-refractivity contribution in [1.82, 2.24) is 0 Å². The molecule has 4 nitrogen and oxygen atoms in total. The average molecular weight is 382 g/mol. The lowest BCUT2D eigenvalue weighted by molar-refractivity contribution is 0.410. The van der Waals surface area contributed by atoms with Crippen molar-refractivity contribution in [2.24, 2.45) is 0 Å². The van der Waals surface area contributed by atoms with Crippen LogP contribution < -0.4 is 9.46 Å². The van der Waals surface area contributed by atoms with Crippen molar-refractivity contribution in [3.05, 3.63) is 58.4 Å². The zero-order chi connectivity index (χ0) is 18.0. The van der Waals surface area contributed by atoms with Crippen molar-refractivity contribution in [2.75, 3.05) is 11.8 Å². The fourth-order valence-corrected chi connectivity index (χ4v) is 3.84. The van der Waals surface area contributed by atoms with E-state index >= 15 is 0 Å². The molecule has 1 fully saturated rings. The minimum absolute atomic E-state index is 0.0801. The lowest BCUT2D eigenvalue weighted by atomic mass is 10.1. The molecule has 3 rings (SSSR count). The van der Waals surface area contributed by atoms with Gasteiger partial charge in [-0.15, -0.1) is 0 Å². The summed E-state index contributed by atoms with van der Waals surface area (Å²) in [5.74, 6) is -0.359. The summed E-state index contributed by atoms with van der Waals surface area (Å²) in [5.41, 5.74) is 1.38. The summed E-state index contributed by atoms with van der Waals surface area (Å²) < 4.78 is 45.8. The summed E-state index contributed by atoms with van der Waals surface area (Å²) in [6.45, 7) is 0. The quantitative estimate of drug-likeness (QED) is 0.746. The van der Waals surface area contributed by atoms with Crippen molar-refractivity contribution in [1.29, 1.82) is 0 Å². The van der Waals surface area contributed by atoms with E-state index < -0.39 is 21.1 Å². The number of benzene rings is 2. The maximum absolute atomic E-state index is 14.2. The summed E-state index contributed by atoms with van der Waals surface area (Å²) in [6.07, 6.45) is 4.76. The fourth-order valence-electron chi connectivity index (χ4n) is 2.33. The molecular formula is C18H17ClFNO3S. The van der Waals surface area contributed by atoms with E-state index in [-0.39, 0.29) is 5.69 Å². The molecule has 0 aliphatic heterocycles. The Hall–Kier alpha value is -2.05. The zero-order valence-electron chi connectivity index (χ0n) is 13.5. The lowest BCUT2D eigenvalue weighted by Crippen LogP contribution is -2.18. The summed E-state index contributed by atoms with van der Waals surface area (Å²) in [7, 11) is -2.11. The summed E-state index contributed by atoms with van der Waals surface area (Å²) in [4.78, 5) is 0. The van der Waals surface area contributed by atoms with Gasteiger partial charge in [0.1, 0.15) is 5.75 Å². The highest BCUT2D eigenvalue weighted by molar-refractivity contribution is 7.93. The molecule has 1 saturated carbocycles. The topological polar surface area (TPSA) is 55.4 Å². The van der Waals surface area contributed by atoms with E-state index in [2.05, 4.69) is 4.72 Å². The fraction of sp³-hybridized carbons (Fsp3) is 0.222. The van der Waals surface area contributed by atoms with Crippen LogP contribution in [0.15, 0.2) is 36.4 Å². The van der Waals surface area contributed by atoms with Gasteiger partial charge in [-0.05, 0) is 36.6 Å². The van der Waals surface area contributed by atoms with E-state index in [1.165, 1.54) is 19.2 Å². The first-order chi connectivity index (χ1) is 11.9. The zero-order valence-corrected chi connectivity index (χ0v) is 15.1. The van der Waals surface area contributed by atoms with Crippen molar-refractivity contribution in [3.63, 3.8) is 0 Å². The van der Waals surface area contributed by atoms with E-state index in [4.69, 9.17) is 16.3 Å². The molecule has 0 atom stereocenters. The van der Waals surface area contributed by atoms with Crippen LogP contribution in [0.5, 0.6) is 5.75 Å². The number of hydrogen-bond acceptors (Lipinski definition) is 3. The van der Waals surface area contributed by atoms with Gasteiger partial charge in [0.15, 0.2) is 5.82 Å². The average Bonchev–Trinajstić information content (AvgIpc) is 3.42. The first-order valence-electron chi connectivity index (χ1n) is 7.72. The predicted octanol–water partition coefficient (Wildman–Crippen LogP) is 4.56. The molecule has 2 aromatic carbocycles. The molecule has 1 aliphatic rings. The van der Waals surface area contributed by atoms with Gasteiger partial charge in [0.2, 0.25) is 10.0 Å². The molecule has 0 saturated heterocycles. The largest absolute Gasteiger partial charge is 0.496 e. The molecule has 0 aromatic heterocycles. The van der Waals surface area contributed by atoms with Gasteiger partial charge in [-0.1, -0.05) is 35.9 Å². The number of methoxy groups -OCH3 is 1. The molecule has 0 spiro atoms. The molecule has 0 heterocycles. The highest BCUT2D eigenvalue weighted by Gasteiger charge is 2.36. The highest BCUT2D eigenvalue weighted by Crippen LogP contribution is 2.33. The Bertz CT molecular complexity index is 907. The van der Waals surface area contributed by atoms with Crippen LogP contribution in [0, 0.1) is 5.82 Å². The van der Waals surface area contributed by atoms with E-state index in [0.717, 1.165) is 5.56 Å². The van der Waals surface area contributed by atoms with Crippen molar-refractivity contribution in [2.45, 2.75) is 18.1 Å². The molecule has 1 aliphatic carbocycles. The Kier molecular flexibility index (Phi) is 5.01. The summed E-state index contributed by atoms with van der Waals surface area (Å²) in [6, 6.07) is 9.81. The van der Waals surface area contributed by atoms with Crippen LogP contribution in [-0.2, 0) is 10.0 Å². The standard InChI is InChI=1S/C18H17ClFNO3S/c1-24-18-11-16(20)17(21-25(22,23)15-8-9-15)10-13(18)5-2-12-3-6-14(19)7-4-12/h2-7,10-11,15,21H,8-9H2,1H3. The number of sulfonamides is 1. The molecule has 132 valence electrons. The van der Waals surface area contributed by atoms with Gasteiger partial charge in [0, 0.05) is 16.7 Å². The maximum atomic E-state index is 14.2. The third kappa shape index (κ3) is 4.32. The van der Waals surface area contributed by atoms with E-state index in [1.54, 1.807) is 18.2 Å². The number of hydrogen-bond donors (Lipinski definition) is 1. The molecule has 0 radical (unpaired) electrons. The number of ether oxygens (including phenoxy) is 1. The second kappa shape index (κ2) is 7.06. The van der Waals surface area contributed by atoms with Gasteiger partial charge in [0.25, 0.3) is 0 Å². The Morgan fingerprint density at radius 1 is 1.20 bits per heavy atom. The monoisotopic (exact) mass is 381 g/mol. The second-order valence-electron chi connectivity index (χ2n) is 5.81.